The van der Waals surface area contributed by atoms with Crippen molar-refractivity contribution in [3.05, 3.63) is 60.2 Å². The first kappa shape index (κ1) is 8.82. The SMILES string of the molecule is Cc1cccc(Oc2c[c]ccc2)c1. The first-order valence-electron chi connectivity index (χ1n) is 4.55. The lowest BCUT2D eigenvalue weighted by atomic mass is 10.2. The minimum Gasteiger partial charge on any atom is -0.457 e. The molecule has 0 saturated heterocycles. The summed E-state index contributed by atoms with van der Waals surface area (Å²) >= 11 is 0. The lowest BCUT2D eigenvalue weighted by molar-refractivity contribution is 0.482. The van der Waals surface area contributed by atoms with Crippen LogP contribution in [0.3, 0.4) is 0 Å². The van der Waals surface area contributed by atoms with Crippen molar-refractivity contribution in [2.75, 3.05) is 0 Å². The molecular weight excluding hydrogens is 172 g/mol. The quantitative estimate of drug-likeness (QED) is 0.691. The van der Waals surface area contributed by atoms with Crippen LogP contribution in [0.4, 0.5) is 0 Å². The number of benzene rings is 2. The van der Waals surface area contributed by atoms with Crippen LogP contribution in [0.5, 0.6) is 11.5 Å². The Kier molecular flexibility index (Phi) is 2.50. The summed E-state index contributed by atoms with van der Waals surface area (Å²) in [5, 5.41) is 0. The van der Waals surface area contributed by atoms with E-state index in [1.165, 1.54) is 5.56 Å². The molecule has 0 bridgehead atoms. The Morgan fingerprint density at radius 1 is 1.07 bits per heavy atom. The highest BCUT2D eigenvalue weighted by molar-refractivity contribution is 5.32. The third-order valence-electron chi connectivity index (χ3n) is 1.90. The van der Waals surface area contributed by atoms with Crippen molar-refractivity contribution in [3.63, 3.8) is 0 Å². The lowest BCUT2D eigenvalue weighted by Gasteiger charge is -2.05. The van der Waals surface area contributed by atoms with Gasteiger partial charge in [0.25, 0.3) is 0 Å². The fourth-order valence-electron chi connectivity index (χ4n) is 1.26. The summed E-state index contributed by atoms with van der Waals surface area (Å²) in [6, 6.07) is 18.4. The Balaban J connectivity index is 2.19. The maximum absolute atomic E-state index is 5.63. The molecule has 0 amide bonds. The van der Waals surface area contributed by atoms with Crippen LogP contribution in [0.25, 0.3) is 0 Å². The van der Waals surface area contributed by atoms with E-state index < -0.39 is 0 Å². The smallest absolute Gasteiger partial charge is 0.128 e. The molecule has 2 aromatic rings. The molecule has 0 unspecified atom stereocenters. The molecule has 0 aromatic heterocycles. The van der Waals surface area contributed by atoms with Crippen LogP contribution in [0.1, 0.15) is 5.56 Å². The number of hydrogen-bond acceptors (Lipinski definition) is 1. The molecule has 0 aliphatic heterocycles. The fraction of sp³-hybridized carbons (Fsp3) is 0.0769. The van der Waals surface area contributed by atoms with Crippen LogP contribution in [0, 0.1) is 13.0 Å². The number of aryl methyl sites for hydroxylation is 1. The molecule has 1 nitrogen and oxygen atoms in total. The van der Waals surface area contributed by atoms with Crippen molar-refractivity contribution in [2.24, 2.45) is 0 Å². The van der Waals surface area contributed by atoms with E-state index in [0.29, 0.717) is 0 Å². The molecule has 0 aliphatic rings. The second-order valence-corrected chi connectivity index (χ2v) is 3.16. The maximum Gasteiger partial charge on any atom is 0.128 e. The zero-order valence-electron chi connectivity index (χ0n) is 8.03. The average molecular weight is 183 g/mol. The molecule has 0 N–H and O–H groups in total. The van der Waals surface area contributed by atoms with Crippen LogP contribution in [0.15, 0.2) is 48.5 Å². The summed E-state index contributed by atoms with van der Waals surface area (Å²) in [5.74, 6) is 1.68. The van der Waals surface area contributed by atoms with E-state index in [1.54, 1.807) is 0 Å². The van der Waals surface area contributed by atoms with Crippen LogP contribution in [-0.4, -0.2) is 0 Å². The van der Waals surface area contributed by atoms with Gasteiger partial charge in [0, 0.05) is 0 Å². The molecule has 2 rings (SSSR count). The van der Waals surface area contributed by atoms with Crippen LogP contribution < -0.4 is 4.74 Å². The van der Waals surface area contributed by atoms with E-state index in [9.17, 15) is 0 Å². The Hall–Kier alpha value is -1.76. The highest BCUT2D eigenvalue weighted by atomic mass is 16.5. The van der Waals surface area contributed by atoms with E-state index in [0.717, 1.165) is 11.5 Å². The molecule has 2 aromatic carbocycles. The van der Waals surface area contributed by atoms with E-state index in [-0.39, 0.29) is 0 Å². The molecule has 0 spiro atoms. The topological polar surface area (TPSA) is 9.23 Å². The average Bonchev–Trinajstić information content (AvgIpc) is 2.19. The van der Waals surface area contributed by atoms with Crippen molar-refractivity contribution in [1.29, 1.82) is 0 Å². The van der Waals surface area contributed by atoms with Gasteiger partial charge in [0.15, 0.2) is 0 Å². The first-order chi connectivity index (χ1) is 6.84. The molecular formula is C13H11O. The highest BCUT2D eigenvalue weighted by Crippen LogP contribution is 2.20. The van der Waals surface area contributed by atoms with Gasteiger partial charge in [-0.3, -0.25) is 0 Å². The summed E-state index contributed by atoms with van der Waals surface area (Å²) in [4.78, 5) is 0. The summed E-state index contributed by atoms with van der Waals surface area (Å²) in [6.45, 7) is 2.05. The Bertz CT molecular complexity index is 407. The second-order valence-electron chi connectivity index (χ2n) is 3.16. The van der Waals surface area contributed by atoms with Crippen molar-refractivity contribution >= 4 is 0 Å². The Morgan fingerprint density at radius 3 is 2.64 bits per heavy atom. The molecule has 0 saturated carbocycles. The summed E-state index contributed by atoms with van der Waals surface area (Å²) in [6.07, 6.45) is 0. The molecule has 1 radical (unpaired) electrons. The van der Waals surface area contributed by atoms with Crippen molar-refractivity contribution in [1.82, 2.24) is 0 Å². The van der Waals surface area contributed by atoms with Crippen molar-refractivity contribution in [2.45, 2.75) is 6.92 Å². The van der Waals surface area contributed by atoms with E-state index >= 15 is 0 Å². The van der Waals surface area contributed by atoms with Gasteiger partial charge in [0.05, 0.1) is 0 Å². The standard InChI is InChI=1S/C13H11O/c1-11-6-5-9-13(10-11)14-12-7-3-2-4-8-12/h2-3,5-10H,1H3. The molecule has 1 heteroatoms. The number of ether oxygens (including phenoxy) is 1. The van der Waals surface area contributed by atoms with E-state index in [2.05, 4.69) is 6.07 Å². The van der Waals surface area contributed by atoms with Gasteiger partial charge in [-0.25, -0.2) is 0 Å². The van der Waals surface area contributed by atoms with E-state index in [1.807, 2.05) is 55.5 Å². The van der Waals surface area contributed by atoms with Gasteiger partial charge in [-0.1, -0.05) is 24.3 Å². The predicted molar refractivity (Wildman–Crippen MR) is 56.5 cm³/mol. The minimum absolute atomic E-state index is 0.818. The molecule has 0 atom stereocenters. The van der Waals surface area contributed by atoms with Gasteiger partial charge in [0.1, 0.15) is 11.5 Å². The van der Waals surface area contributed by atoms with Gasteiger partial charge >= 0.3 is 0 Å². The third-order valence-corrected chi connectivity index (χ3v) is 1.90. The van der Waals surface area contributed by atoms with Crippen LogP contribution in [-0.2, 0) is 0 Å². The van der Waals surface area contributed by atoms with Gasteiger partial charge < -0.3 is 4.74 Å². The number of rotatable bonds is 2. The van der Waals surface area contributed by atoms with Crippen LogP contribution >= 0.6 is 0 Å². The van der Waals surface area contributed by atoms with Gasteiger partial charge in [0.2, 0.25) is 0 Å². The maximum atomic E-state index is 5.63. The lowest BCUT2D eigenvalue weighted by Crippen LogP contribution is -1.83. The van der Waals surface area contributed by atoms with Crippen molar-refractivity contribution < 1.29 is 4.74 Å². The predicted octanol–water partition coefficient (Wildman–Crippen LogP) is 3.59. The minimum atomic E-state index is 0.818. The molecule has 0 heterocycles. The summed E-state index contributed by atoms with van der Waals surface area (Å²) in [5.41, 5.74) is 1.20. The number of hydrogen-bond donors (Lipinski definition) is 0. The van der Waals surface area contributed by atoms with Gasteiger partial charge in [-0.2, -0.15) is 0 Å². The first-order valence-corrected chi connectivity index (χ1v) is 4.55. The summed E-state index contributed by atoms with van der Waals surface area (Å²) in [7, 11) is 0. The normalized spacial score (nSPS) is 9.79. The largest absolute Gasteiger partial charge is 0.457 e. The van der Waals surface area contributed by atoms with Crippen molar-refractivity contribution in [3.8, 4) is 11.5 Å². The molecule has 0 fully saturated rings. The van der Waals surface area contributed by atoms with Gasteiger partial charge in [-0.05, 0) is 42.8 Å². The second kappa shape index (κ2) is 3.97. The summed E-state index contributed by atoms with van der Waals surface area (Å²) < 4.78 is 5.63. The van der Waals surface area contributed by atoms with E-state index in [4.69, 9.17) is 4.74 Å². The van der Waals surface area contributed by atoms with Gasteiger partial charge in [-0.15, -0.1) is 0 Å². The zero-order valence-corrected chi connectivity index (χ0v) is 8.03. The van der Waals surface area contributed by atoms with Crippen LogP contribution in [0.2, 0.25) is 0 Å². The zero-order chi connectivity index (χ0) is 9.80. The highest BCUT2D eigenvalue weighted by Gasteiger charge is 1.95. The third kappa shape index (κ3) is 2.13. The fourth-order valence-corrected chi connectivity index (χ4v) is 1.26. The molecule has 69 valence electrons. The Labute approximate surface area is 84.0 Å². The molecule has 14 heavy (non-hydrogen) atoms. The Morgan fingerprint density at radius 2 is 1.93 bits per heavy atom. The monoisotopic (exact) mass is 183 g/mol. The molecule has 0 aliphatic carbocycles.